The minimum absolute atomic E-state index is 0.653. The second-order valence-electron chi connectivity index (χ2n) is 7.86. The van der Waals surface area contributed by atoms with Gasteiger partial charge in [0.1, 0.15) is 5.69 Å². The van der Waals surface area contributed by atoms with Crippen LogP contribution in [-0.4, -0.2) is 4.98 Å². The van der Waals surface area contributed by atoms with E-state index in [2.05, 4.69) is 87.5 Å². The van der Waals surface area contributed by atoms with Crippen molar-refractivity contribution in [1.82, 2.24) is 4.98 Å². The average Bonchev–Trinajstić information content (AvgIpc) is 3.18. The summed E-state index contributed by atoms with van der Waals surface area (Å²) in [5, 5.41) is 2.32. The predicted molar refractivity (Wildman–Crippen MR) is 125 cm³/mol. The maximum Gasteiger partial charge on any atom is 0.227 e. The van der Waals surface area contributed by atoms with Crippen LogP contribution in [0.2, 0.25) is 0 Å². The van der Waals surface area contributed by atoms with Crippen molar-refractivity contribution in [3.05, 3.63) is 102 Å². The second kappa shape index (κ2) is 7.31. The van der Waals surface area contributed by atoms with E-state index in [4.69, 9.17) is 9.40 Å². The lowest BCUT2D eigenvalue weighted by atomic mass is 9.95. The van der Waals surface area contributed by atoms with Crippen molar-refractivity contribution in [3.8, 4) is 34.0 Å². The molecule has 0 N–H and O–H groups in total. The first-order chi connectivity index (χ1) is 14.6. The van der Waals surface area contributed by atoms with Crippen LogP contribution in [0.5, 0.6) is 0 Å². The molecular formula is C28H23NO. The Morgan fingerprint density at radius 1 is 0.700 bits per heavy atom. The fraction of sp³-hybridized carbons (Fsp3) is 0.107. The number of nitrogens with zero attached hydrogens (tertiary/aromatic N) is 1. The van der Waals surface area contributed by atoms with Crippen molar-refractivity contribution >= 4 is 10.8 Å². The fourth-order valence-electron chi connectivity index (χ4n) is 4.36. The zero-order valence-electron chi connectivity index (χ0n) is 17.4. The summed E-state index contributed by atoms with van der Waals surface area (Å²) in [6.45, 7) is 6.43. The molecule has 0 aliphatic heterocycles. The number of hydrogen-bond acceptors (Lipinski definition) is 2. The first kappa shape index (κ1) is 18.4. The molecule has 5 rings (SSSR count). The molecule has 0 spiro atoms. The number of benzene rings is 4. The summed E-state index contributed by atoms with van der Waals surface area (Å²) in [5.74, 6) is 1.47. The van der Waals surface area contributed by atoms with Gasteiger partial charge in [-0.05, 0) is 48.7 Å². The molecule has 0 aliphatic rings. The summed E-state index contributed by atoms with van der Waals surface area (Å²) in [7, 11) is 0. The first-order valence-electron chi connectivity index (χ1n) is 10.2. The van der Waals surface area contributed by atoms with E-state index in [0.29, 0.717) is 5.89 Å². The van der Waals surface area contributed by atoms with Crippen molar-refractivity contribution in [3.63, 3.8) is 0 Å². The van der Waals surface area contributed by atoms with E-state index in [1.54, 1.807) is 0 Å². The smallest absolute Gasteiger partial charge is 0.227 e. The monoisotopic (exact) mass is 389 g/mol. The second-order valence-corrected chi connectivity index (χ2v) is 7.86. The lowest BCUT2D eigenvalue weighted by molar-refractivity contribution is 0.590. The molecule has 0 saturated carbocycles. The SMILES string of the molecule is Cc1cc(C)c(-c2nc(-c3cccc4ccccc34)oc2-c2ccccc2)c(C)c1. The Bertz CT molecular complexity index is 1330. The molecule has 0 radical (unpaired) electrons. The highest BCUT2D eigenvalue weighted by Gasteiger charge is 2.21. The van der Waals surface area contributed by atoms with Crippen molar-refractivity contribution in [2.45, 2.75) is 20.8 Å². The normalized spacial score (nSPS) is 11.2. The molecule has 2 heteroatoms. The van der Waals surface area contributed by atoms with Crippen molar-refractivity contribution < 1.29 is 4.42 Å². The van der Waals surface area contributed by atoms with Crippen LogP contribution in [0.25, 0.3) is 44.8 Å². The highest BCUT2D eigenvalue weighted by Crippen LogP contribution is 2.40. The van der Waals surface area contributed by atoms with Gasteiger partial charge in [0, 0.05) is 16.7 Å². The van der Waals surface area contributed by atoms with Gasteiger partial charge in [-0.15, -0.1) is 0 Å². The van der Waals surface area contributed by atoms with Crippen molar-refractivity contribution in [2.75, 3.05) is 0 Å². The van der Waals surface area contributed by atoms with Gasteiger partial charge in [0.2, 0.25) is 5.89 Å². The Balaban J connectivity index is 1.80. The molecule has 1 aromatic heterocycles. The van der Waals surface area contributed by atoms with Crippen LogP contribution < -0.4 is 0 Å². The lowest BCUT2D eigenvalue weighted by Gasteiger charge is -2.10. The number of rotatable bonds is 3. The van der Waals surface area contributed by atoms with E-state index >= 15 is 0 Å². The van der Waals surface area contributed by atoms with Crippen LogP contribution in [-0.2, 0) is 0 Å². The Morgan fingerprint density at radius 3 is 2.13 bits per heavy atom. The molecule has 1 heterocycles. The minimum atomic E-state index is 0.653. The third kappa shape index (κ3) is 3.11. The van der Waals surface area contributed by atoms with Crippen molar-refractivity contribution in [1.29, 1.82) is 0 Å². The topological polar surface area (TPSA) is 26.0 Å². The van der Waals surface area contributed by atoms with Crippen LogP contribution >= 0.6 is 0 Å². The van der Waals surface area contributed by atoms with Gasteiger partial charge in [-0.1, -0.05) is 84.4 Å². The van der Waals surface area contributed by atoms with Gasteiger partial charge in [-0.3, -0.25) is 0 Å². The molecular weight excluding hydrogens is 366 g/mol. The van der Waals surface area contributed by atoms with Crippen LogP contribution in [0, 0.1) is 20.8 Å². The number of hydrogen-bond donors (Lipinski definition) is 0. The summed E-state index contributed by atoms with van der Waals surface area (Å²) in [6, 6.07) is 29.3. The summed E-state index contributed by atoms with van der Waals surface area (Å²) in [6.07, 6.45) is 0. The third-order valence-corrected chi connectivity index (χ3v) is 5.60. The summed E-state index contributed by atoms with van der Waals surface area (Å²) in [5.41, 5.74) is 7.77. The largest absolute Gasteiger partial charge is 0.435 e. The maximum atomic E-state index is 6.48. The summed E-state index contributed by atoms with van der Waals surface area (Å²) in [4.78, 5) is 5.06. The first-order valence-corrected chi connectivity index (χ1v) is 10.2. The molecule has 2 nitrogen and oxygen atoms in total. The van der Waals surface area contributed by atoms with Crippen LogP contribution in [0.3, 0.4) is 0 Å². The molecule has 30 heavy (non-hydrogen) atoms. The quantitative estimate of drug-likeness (QED) is 0.315. The molecule has 0 amide bonds. The molecule has 0 bridgehead atoms. The van der Waals surface area contributed by atoms with E-state index in [1.165, 1.54) is 22.1 Å². The third-order valence-electron chi connectivity index (χ3n) is 5.60. The molecule has 0 aliphatic carbocycles. The Kier molecular flexibility index (Phi) is 4.48. The minimum Gasteiger partial charge on any atom is -0.435 e. The van der Waals surface area contributed by atoms with Crippen molar-refractivity contribution in [2.24, 2.45) is 0 Å². The van der Waals surface area contributed by atoms with Gasteiger partial charge in [0.25, 0.3) is 0 Å². The predicted octanol–water partition coefficient (Wildman–Crippen LogP) is 7.75. The van der Waals surface area contributed by atoms with Gasteiger partial charge in [0.05, 0.1) is 0 Å². The Morgan fingerprint density at radius 2 is 1.37 bits per heavy atom. The highest BCUT2D eigenvalue weighted by atomic mass is 16.4. The maximum absolute atomic E-state index is 6.48. The lowest BCUT2D eigenvalue weighted by Crippen LogP contribution is -1.92. The number of aromatic nitrogens is 1. The summed E-state index contributed by atoms with van der Waals surface area (Å²) < 4.78 is 6.48. The van der Waals surface area contributed by atoms with Gasteiger partial charge in [-0.25, -0.2) is 4.98 Å². The molecule has 0 unspecified atom stereocenters. The van der Waals surface area contributed by atoms with Gasteiger partial charge in [-0.2, -0.15) is 0 Å². The van der Waals surface area contributed by atoms with Crippen LogP contribution in [0.1, 0.15) is 16.7 Å². The van der Waals surface area contributed by atoms with Gasteiger partial charge < -0.3 is 4.42 Å². The van der Waals surface area contributed by atoms with Gasteiger partial charge in [0.15, 0.2) is 5.76 Å². The van der Waals surface area contributed by atoms with E-state index in [0.717, 1.165) is 33.5 Å². The van der Waals surface area contributed by atoms with E-state index < -0.39 is 0 Å². The summed E-state index contributed by atoms with van der Waals surface area (Å²) >= 11 is 0. The highest BCUT2D eigenvalue weighted by molar-refractivity contribution is 5.95. The molecule has 0 atom stereocenters. The Hall–Kier alpha value is -3.65. The van der Waals surface area contributed by atoms with Crippen LogP contribution in [0.4, 0.5) is 0 Å². The molecule has 5 aromatic rings. The van der Waals surface area contributed by atoms with E-state index in [9.17, 15) is 0 Å². The number of oxazole rings is 1. The number of aryl methyl sites for hydroxylation is 3. The van der Waals surface area contributed by atoms with Gasteiger partial charge >= 0.3 is 0 Å². The van der Waals surface area contributed by atoms with Crippen LogP contribution in [0.15, 0.2) is 89.3 Å². The fourth-order valence-corrected chi connectivity index (χ4v) is 4.36. The average molecular weight is 389 g/mol. The van der Waals surface area contributed by atoms with E-state index in [-0.39, 0.29) is 0 Å². The zero-order chi connectivity index (χ0) is 20.7. The van der Waals surface area contributed by atoms with E-state index in [1.807, 2.05) is 18.2 Å². The molecule has 0 saturated heterocycles. The molecule has 0 fully saturated rings. The Labute approximate surface area is 176 Å². The molecule has 146 valence electrons. The number of fused-ring (bicyclic) bond motifs is 1. The molecule has 4 aromatic carbocycles. The zero-order valence-corrected chi connectivity index (χ0v) is 17.4. The standard InChI is InChI=1S/C28H23NO/c1-18-16-19(2)25(20(3)17-18)26-27(22-11-5-4-6-12-22)30-28(29-26)24-15-9-13-21-10-7-8-14-23(21)24/h4-17H,1-3H3.